The molecule has 1 aromatic rings. The molecule has 136 valence electrons. The average Bonchev–Trinajstić information content (AvgIpc) is 2.53. The molecule has 3 nitrogen and oxygen atoms in total. The molecular weight excluding hydrogens is 296 g/mol. The molecule has 0 unspecified atom stereocenters. The lowest BCUT2D eigenvalue weighted by atomic mass is 9.75. The summed E-state index contributed by atoms with van der Waals surface area (Å²) in [6.45, 7) is 9.17. The zero-order chi connectivity index (χ0) is 17.4. The highest BCUT2D eigenvalue weighted by atomic mass is 16.5. The minimum atomic E-state index is 0.0359. The van der Waals surface area contributed by atoms with E-state index in [0.717, 1.165) is 12.5 Å². The van der Waals surface area contributed by atoms with Gasteiger partial charge in [-0.15, -0.1) is 0 Å². The SMILES string of the molecule is C[NH+](C)CCC[NH2+]CC[C@H](c1ccccc1)[C@@H]1CCOC(C)(C)C1. The second-order valence-electron chi connectivity index (χ2n) is 8.34. The Morgan fingerprint density at radius 3 is 2.62 bits per heavy atom. The van der Waals surface area contributed by atoms with Crippen LogP contribution in [-0.2, 0) is 4.74 Å². The third-order valence-electron chi connectivity index (χ3n) is 5.30. The molecule has 1 heterocycles. The van der Waals surface area contributed by atoms with Gasteiger partial charge in [0.05, 0.1) is 39.3 Å². The summed E-state index contributed by atoms with van der Waals surface area (Å²) in [6.07, 6.45) is 4.96. The molecule has 1 fully saturated rings. The van der Waals surface area contributed by atoms with Gasteiger partial charge in [0, 0.05) is 19.4 Å². The van der Waals surface area contributed by atoms with Crippen LogP contribution in [0.1, 0.15) is 51.0 Å². The van der Waals surface area contributed by atoms with Gasteiger partial charge in [0.2, 0.25) is 0 Å². The number of hydrogen-bond donors (Lipinski definition) is 2. The highest BCUT2D eigenvalue weighted by Gasteiger charge is 2.34. The quantitative estimate of drug-likeness (QED) is 0.658. The molecule has 1 saturated heterocycles. The van der Waals surface area contributed by atoms with Crippen molar-refractivity contribution in [2.45, 2.75) is 51.0 Å². The van der Waals surface area contributed by atoms with Crippen molar-refractivity contribution in [3.8, 4) is 0 Å². The normalized spacial score (nSPS) is 21.8. The fourth-order valence-electron chi connectivity index (χ4n) is 4.04. The molecule has 1 aliphatic heterocycles. The summed E-state index contributed by atoms with van der Waals surface area (Å²) >= 11 is 0. The molecule has 3 N–H and O–H groups in total. The van der Waals surface area contributed by atoms with Crippen LogP contribution >= 0.6 is 0 Å². The number of benzene rings is 1. The minimum absolute atomic E-state index is 0.0359. The molecule has 0 spiro atoms. The van der Waals surface area contributed by atoms with E-state index in [4.69, 9.17) is 4.74 Å². The first kappa shape index (κ1) is 19.4. The van der Waals surface area contributed by atoms with Crippen LogP contribution in [0.3, 0.4) is 0 Å². The first-order valence-corrected chi connectivity index (χ1v) is 9.77. The van der Waals surface area contributed by atoms with Gasteiger partial charge in [0.1, 0.15) is 0 Å². The monoisotopic (exact) mass is 334 g/mol. The molecule has 0 bridgehead atoms. The molecule has 3 heteroatoms. The fraction of sp³-hybridized carbons (Fsp3) is 0.714. The highest BCUT2D eigenvalue weighted by molar-refractivity contribution is 5.20. The Hall–Kier alpha value is -0.900. The molecule has 2 rings (SSSR count). The number of rotatable bonds is 9. The van der Waals surface area contributed by atoms with Crippen LogP contribution in [-0.4, -0.2) is 45.9 Å². The molecule has 1 aliphatic rings. The second kappa shape index (κ2) is 9.55. The van der Waals surface area contributed by atoms with Gasteiger partial charge in [-0.25, -0.2) is 0 Å². The number of nitrogens with one attached hydrogen (secondary N) is 1. The van der Waals surface area contributed by atoms with E-state index in [1.807, 2.05) is 0 Å². The maximum absolute atomic E-state index is 5.95. The summed E-state index contributed by atoms with van der Waals surface area (Å²) < 4.78 is 5.95. The molecule has 2 atom stereocenters. The van der Waals surface area contributed by atoms with E-state index in [-0.39, 0.29) is 5.60 Å². The van der Waals surface area contributed by atoms with Crippen molar-refractivity contribution >= 4 is 0 Å². The van der Waals surface area contributed by atoms with Crippen LogP contribution in [0.4, 0.5) is 0 Å². The van der Waals surface area contributed by atoms with Gasteiger partial charge < -0.3 is 15.0 Å². The van der Waals surface area contributed by atoms with Gasteiger partial charge in [-0.05, 0) is 44.1 Å². The third kappa shape index (κ3) is 6.54. The van der Waals surface area contributed by atoms with Gasteiger partial charge in [-0.2, -0.15) is 0 Å². The lowest BCUT2D eigenvalue weighted by Gasteiger charge is -2.39. The molecule has 0 saturated carbocycles. The number of ether oxygens (including phenoxy) is 1. The Kier molecular flexibility index (Phi) is 7.73. The summed E-state index contributed by atoms with van der Waals surface area (Å²) in [6, 6.07) is 11.2. The predicted octanol–water partition coefficient (Wildman–Crippen LogP) is 1.46. The van der Waals surface area contributed by atoms with Crippen molar-refractivity contribution in [2.75, 3.05) is 40.3 Å². The average molecular weight is 335 g/mol. The molecule has 0 amide bonds. The molecule has 1 aromatic carbocycles. The largest absolute Gasteiger partial charge is 0.376 e. The van der Waals surface area contributed by atoms with Crippen molar-refractivity contribution in [3.63, 3.8) is 0 Å². The van der Waals surface area contributed by atoms with Crippen molar-refractivity contribution in [1.82, 2.24) is 0 Å². The van der Waals surface area contributed by atoms with Crippen LogP contribution in [0, 0.1) is 5.92 Å². The van der Waals surface area contributed by atoms with Crippen molar-refractivity contribution in [3.05, 3.63) is 35.9 Å². The topological polar surface area (TPSA) is 30.3 Å². The lowest BCUT2D eigenvalue weighted by molar-refractivity contribution is -0.860. The second-order valence-corrected chi connectivity index (χ2v) is 8.34. The van der Waals surface area contributed by atoms with E-state index in [1.165, 1.54) is 50.9 Å². The first-order chi connectivity index (χ1) is 11.5. The standard InChI is InChI=1S/C21H36N2O/c1-21(2)17-19(12-16-24-21)20(18-9-6-5-7-10-18)11-14-22-13-8-15-23(3)4/h5-7,9-10,19-20,22H,8,11-17H2,1-4H3/p+2/t19-,20-/m1/s1. The van der Waals surface area contributed by atoms with E-state index >= 15 is 0 Å². The highest BCUT2D eigenvalue weighted by Crippen LogP contribution is 2.39. The Morgan fingerprint density at radius 2 is 1.96 bits per heavy atom. The van der Waals surface area contributed by atoms with Crippen LogP contribution < -0.4 is 10.2 Å². The lowest BCUT2D eigenvalue weighted by Crippen LogP contribution is -3.06. The van der Waals surface area contributed by atoms with E-state index in [1.54, 1.807) is 4.90 Å². The van der Waals surface area contributed by atoms with Crippen molar-refractivity contribution < 1.29 is 15.0 Å². The number of quaternary nitrogens is 2. The van der Waals surface area contributed by atoms with E-state index in [0.29, 0.717) is 5.92 Å². The Morgan fingerprint density at radius 1 is 1.21 bits per heavy atom. The Labute approximate surface area is 148 Å². The van der Waals surface area contributed by atoms with Gasteiger partial charge in [-0.1, -0.05) is 30.3 Å². The fourth-order valence-corrected chi connectivity index (χ4v) is 4.04. The summed E-state index contributed by atoms with van der Waals surface area (Å²) in [4.78, 5) is 1.55. The number of nitrogens with two attached hydrogens (primary N) is 1. The van der Waals surface area contributed by atoms with E-state index in [2.05, 4.69) is 63.6 Å². The summed E-state index contributed by atoms with van der Waals surface area (Å²) in [7, 11) is 4.47. The zero-order valence-electron chi connectivity index (χ0n) is 16.2. The van der Waals surface area contributed by atoms with Crippen LogP contribution in [0.2, 0.25) is 0 Å². The van der Waals surface area contributed by atoms with Crippen molar-refractivity contribution in [1.29, 1.82) is 0 Å². The molecule has 24 heavy (non-hydrogen) atoms. The zero-order valence-corrected chi connectivity index (χ0v) is 16.2. The summed E-state index contributed by atoms with van der Waals surface area (Å²) in [5, 5.41) is 2.52. The Balaban J connectivity index is 1.89. The number of hydrogen-bond acceptors (Lipinski definition) is 1. The van der Waals surface area contributed by atoms with Gasteiger partial charge in [0.15, 0.2) is 0 Å². The van der Waals surface area contributed by atoms with Gasteiger partial charge in [-0.3, -0.25) is 0 Å². The first-order valence-electron chi connectivity index (χ1n) is 9.77. The van der Waals surface area contributed by atoms with E-state index < -0.39 is 0 Å². The van der Waals surface area contributed by atoms with Crippen molar-refractivity contribution in [2.24, 2.45) is 5.92 Å². The minimum Gasteiger partial charge on any atom is -0.376 e. The summed E-state index contributed by atoms with van der Waals surface area (Å²) in [5.41, 5.74) is 1.56. The van der Waals surface area contributed by atoms with E-state index in [9.17, 15) is 0 Å². The Bertz CT molecular complexity index is 458. The van der Waals surface area contributed by atoms with Crippen LogP contribution in [0.25, 0.3) is 0 Å². The predicted molar refractivity (Wildman–Crippen MR) is 101 cm³/mol. The maximum atomic E-state index is 5.95. The van der Waals surface area contributed by atoms with Gasteiger partial charge in [0.25, 0.3) is 0 Å². The smallest absolute Gasteiger partial charge is 0.0821 e. The summed E-state index contributed by atoms with van der Waals surface area (Å²) in [5.74, 6) is 1.42. The maximum Gasteiger partial charge on any atom is 0.0821 e. The molecular formula is C21H38N2O+2. The third-order valence-corrected chi connectivity index (χ3v) is 5.30. The molecule has 0 aliphatic carbocycles. The molecule has 0 aromatic heterocycles. The van der Waals surface area contributed by atoms with Gasteiger partial charge >= 0.3 is 0 Å². The van der Waals surface area contributed by atoms with Crippen LogP contribution in [0.5, 0.6) is 0 Å². The van der Waals surface area contributed by atoms with Crippen LogP contribution in [0.15, 0.2) is 30.3 Å². The molecule has 0 radical (unpaired) electrons.